The van der Waals surface area contributed by atoms with E-state index in [1.54, 1.807) is 6.20 Å². The summed E-state index contributed by atoms with van der Waals surface area (Å²) in [6.07, 6.45) is 9.22. The lowest BCUT2D eigenvalue weighted by molar-refractivity contribution is 0.122. The van der Waals surface area contributed by atoms with Crippen LogP contribution in [0.2, 0.25) is 0 Å². The van der Waals surface area contributed by atoms with Gasteiger partial charge in [-0.25, -0.2) is 15.0 Å². The molecule has 2 atom stereocenters. The predicted molar refractivity (Wildman–Crippen MR) is 154 cm³/mol. The molecule has 9 nitrogen and oxygen atoms in total. The van der Waals surface area contributed by atoms with Gasteiger partial charge in [0.25, 0.3) is 0 Å². The van der Waals surface area contributed by atoms with Crippen molar-refractivity contribution in [1.82, 2.24) is 25.7 Å². The van der Waals surface area contributed by atoms with Crippen LogP contribution in [0.15, 0.2) is 24.1 Å². The molecular formula is C24H36IN8OP. The smallest absolute Gasteiger partial charge is 0.220 e. The van der Waals surface area contributed by atoms with Crippen molar-refractivity contribution in [2.45, 2.75) is 65.3 Å². The maximum atomic E-state index is 8.85. The fraction of sp³-hybridized carbons (Fsp3) is 0.500. The minimum atomic E-state index is 0.0463. The zero-order valence-corrected chi connectivity index (χ0v) is 23.8. The summed E-state index contributed by atoms with van der Waals surface area (Å²) in [5.41, 5.74) is 13.1. The van der Waals surface area contributed by atoms with Gasteiger partial charge in [0.2, 0.25) is 5.95 Å². The maximum Gasteiger partial charge on any atom is 0.220 e. The van der Waals surface area contributed by atoms with Crippen LogP contribution in [0.4, 0.5) is 11.8 Å². The van der Waals surface area contributed by atoms with Gasteiger partial charge in [0.05, 0.1) is 23.1 Å². The molecule has 2 unspecified atom stereocenters. The summed E-state index contributed by atoms with van der Waals surface area (Å²) in [6.45, 7) is 8.58. The van der Waals surface area contributed by atoms with Gasteiger partial charge in [-0.1, -0.05) is 19.8 Å². The van der Waals surface area contributed by atoms with E-state index in [1.165, 1.54) is 32.4 Å². The number of aromatic nitrogens is 3. The molecule has 1 fully saturated rings. The first-order valence-electron chi connectivity index (χ1n) is 12.1. The van der Waals surface area contributed by atoms with Gasteiger partial charge in [-0.05, 0) is 92.4 Å². The number of nitrogens with two attached hydrogens (primary N) is 1. The topological polar surface area (TPSA) is 134 Å². The molecule has 4 rings (SSSR count). The summed E-state index contributed by atoms with van der Waals surface area (Å²) < 4.78 is 0. The van der Waals surface area contributed by atoms with Crippen molar-refractivity contribution < 1.29 is 4.84 Å². The van der Waals surface area contributed by atoms with Crippen molar-refractivity contribution in [3.8, 4) is 0 Å². The minimum Gasteiger partial charge on any atom is -0.412 e. The molecule has 0 bridgehead atoms. The highest BCUT2D eigenvalue weighted by molar-refractivity contribution is 14.2. The van der Waals surface area contributed by atoms with E-state index in [0.717, 1.165) is 41.9 Å². The van der Waals surface area contributed by atoms with Gasteiger partial charge < -0.3 is 21.0 Å². The highest BCUT2D eigenvalue weighted by atomic mass is 127. The van der Waals surface area contributed by atoms with Crippen LogP contribution in [0.25, 0.3) is 5.57 Å². The Morgan fingerprint density at radius 2 is 2.06 bits per heavy atom. The van der Waals surface area contributed by atoms with Gasteiger partial charge in [-0.3, -0.25) is 5.41 Å². The first kappa shape index (κ1) is 27.7. The summed E-state index contributed by atoms with van der Waals surface area (Å²) in [6, 6.07) is 3.88. The van der Waals surface area contributed by atoms with E-state index in [1.807, 2.05) is 26.0 Å². The van der Waals surface area contributed by atoms with Gasteiger partial charge in [0.15, 0.2) is 0 Å². The van der Waals surface area contributed by atoms with Crippen LogP contribution < -0.4 is 21.6 Å². The summed E-state index contributed by atoms with van der Waals surface area (Å²) in [5.74, 6) is 1.63. The van der Waals surface area contributed by atoms with Crippen molar-refractivity contribution in [2.75, 3.05) is 23.9 Å². The van der Waals surface area contributed by atoms with Crippen LogP contribution in [0.3, 0.4) is 0 Å². The van der Waals surface area contributed by atoms with Crippen LogP contribution in [-0.4, -0.2) is 39.8 Å². The van der Waals surface area contributed by atoms with Crippen molar-refractivity contribution in [2.24, 2.45) is 0 Å². The molecule has 2 aliphatic rings. The predicted octanol–water partition coefficient (Wildman–Crippen LogP) is 4.98. The zero-order valence-electron chi connectivity index (χ0n) is 20.7. The molecule has 0 saturated carbocycles. The molecule has 2 aromatic rings. The molecule has 35 heavy (non-hydrogen) atoms. The number of hydrogen-bond donors (Lipinski definition) is 5. The van der Waals surface area contributed by atoms with Crippen molar-refractivity contribution in [3.05, 3.63) is 46.6 Å². The normalized spacial score (nSPS) is 17.8. The van der Waals surface area contributed by atoms with E-state index < -0.39 is 0 Å². The third kappa shape index (κ3) is 7.55. The quantitative estimate of drug-likeness (QED) is 0.161. The monoisotopic (exact) mass is 610 g/mol. The Morgan fingerprint density at radius 1 is 1.29 bits per heavy atom. The highest BCUT2D eigenvalue weighted by Crippen LogP contribution is 2.32. The molecule has 4 heterocycles. The second-order valence-corrected chi connectivity index (χ2v) is 10.7. The van der Waals surface area contributed by atoms with Crippen LogP contribution in [0.5, 0.6) is 0 Å². The Kier molecular flexibility index (Phi) is 11.1. The lowest BCUT2D eigenvalue weighted by Crippen LogP contribution is -2.21. The van der Waals surface area contributed by atoms with Gasteiger partial charge >= 0.3 is 0 Å². The molecular weight excluding hydrogens is 574 g/mol. The van der Waals surface area contributed by atoms with Gasteiger partial charge in [-0.15, -0.1) is 5.48 Å². The molecule has 2 aromatic heterocycles. The minimum absolute atomic E-state index is 0.0463. The number of hydroxylamine groups is 1. The van der Waals surface area contributed by atoms with Gasteiger partial charge in [-0.2, -0.15) is 0 Å². The van der Waals surface area contributed by atoms with E-state index in [0.29, 0.717) is 29.2 Å². The third-order valence-electron chi connectivity index (χ3n) is 5.93. The van der Waals surface area contributed by atoms with Gasteiger partial charge in [0, 0.05) is 23.7 Å². The largest absolute Gasteiger partial charge is 0.412 e. The number of hydrogen-bond acceptors (Lipinski definition) is 9. The molecule has 0 radical (unpaired) electrons. The number of anilines is 2. The number of halogens is 1. The second kappa shape index (κ2) is 14.0. The van der Waals surface area contributed by atoms with E-state index in [9.17, 15) is 0 Å². The Labute approximate surface area is 222 Å². The number of aryl methyl sites for hydroxylation is 1. The van der Waals surface area contributed by atoms with E-state index >= 15 is 0 Å². The summed E-state index contributed by atoms with van der Waals surface area (Å²) in [4.78, 5) is 18.7. The fourth-order valence-corrected chi connectivity index (χ4v) is 5.11. The first-order valence-corrected chi connectivity index (χ1v) is 16.2. The number of nitrogens with one attached hydrogen (secondary N) is 4. The number of pyridine rings is 1. The SMILES string of the molecule is C1CCNCC1.CCCCc1cnc(N)nc1C(=N)c1ccc(C2=C(C)ONC2C)nc1NPI. The zero-order chi connectivity index (χ0) is 25.2. The molecule has 1 saturated heterocycles. The third-order valence-corrected chi connectivity index (χ3v) is 7.07. The van der Waals surface area contributed by atoms with Crippen molar-refractivity contribution in [1.29, 1.82) is 5.41 Å². The van der Waals surface area contributed by atoms with Crippen LogP contribution in [0, 0.1) is 5.41 Å². The highest BCUT2D eigenvalue weighted by Gasteiger charge is 2.25. The second-order valence-electron chi connectivity index (χ2n) is 8.61. The van der Waals surface area contributed by atoms with Crippen LogP contribution in [0.1, 0.15) is 75.4 Å². The molecule has 0 spiro atoms. The Hall–Kier alpha value is -1.88. The molecule has 0 aliphatic carbocycles. The number of rotatable bonds is 8. The van der Waals surface area contributed by atoms with Crippen LogP contribution >= 0.6 is 28.4 Å². The van der Waals surface area contributed by atoms with Crippen molar-refractivity contribution in [3.63, 3.8) is 0 Å². The van der Waals surface area contributed by atoms with E-state index in [4.69, 9.17) is 21.0 Å². The number of unbranched alkanes of at least 4 members (excludes halogenated alkanes) is 1. The molecule has 0 aromatic carbocycles. The van der Waals surface area contributed by atoms with Crippen molar-refractivity contribution >= 4 is 51.5 Å². The average Bonchev–Trinajstić information content (AvgIpc) is 3.22. The molecule has 190 valence electrons. The first-order chi connectivity index (χ1) is 17.0. The lowest BCUT2D eigenvalue weighted by atomic mass is 9.99. The van der Waals surface area contributed by atoms with E-state index in [-0.39, 0.29) is 12.0 Å². The molecule has 2 aliphatic heterocycles. The molecule has 0 amide bonds. The molecule has 11 heteroatoms. The standard InChI is InChI=1S/C19H25IN7OP.C5H11N/c1-4-5-6-12-9-23-19(22)25-17(12)16(21)13-7-8-14(24-18(13)27-29-20)15-10(2)26-28-11(15)3;1-2-4-6-5-3-1/h7-10,21,26,29H,4-6H2,1-3H3,(H,24,27)(H2,22,23,25);6H,1-5H2. The fourth-order valence-electron chi connectivity index (χ4n) is 4.07. The summed E-state index contributed by atoms with van der Waals surface area (Å²) in [7, 11) is 0. The Balaban J connectivity index is 0.000000497. The van der Waals surface area contributed by atoms with Gasteiger partial charge in [0.1, 0.15) is 11.6 Å². The van der Waals surface area contributed by atoms with E-state index in [2.05, 4.69) is 54.8 Å². The van der Waals surface area contributed by atoms with Crippen LogP contribution in [-0.2, 0) is 11.3 Å². The average molecular weight is 610 g/mol. The Morgan fingerprint density at radius 3 is 2.63 bits per heavy atom. The molecule has 6 N–H and O–H groups in total. The maximum absolute atomic E-state index is 8.85. The Bertz CT molecular complexity index is 1030. The lowest BCUT2D eigenvalue weighted by Gasteiger charge is -2.15. The number of nitrogen functional groups attached to an aromatic ring is 1. The summed E-state index contributed by atoms with van der Waals surface area (Å²) >= 11 is 2.26. The number of allylic oxidation sites excluding steroid dienone is 1. The number of piperidine rings is 1. The summed E-state index contributed by atoms with van der Waals surface area (Å²) in [5, 5.41) is 15.4. The number of nitrogens with zero attached hydrogens (tertiary/aromatic N) is 3.